The molecule has 1 spiro atoms. The van der Waals surface area contributed by atoms with Crippen molar-refractivity contribution in [2.24, 2.45) is 11.8 Å². The molecule has 0 radical (unpaired) electrons. The molecule has 2 bridgehead atoms. The van der Waals surface area contributed by atoms with Crippen LogP contribution < -0.4 is 10.6 Å². The van der Waals surface area contributed by atoms with E-state index in [1.807, 2.05) is 37.3 Å². The second kappa shape index (κ2) is 10.1. The van der Waals surface area contributed by atoms with Gasteiger partial charge in [0.1, 0.15) is 11.6 Å². The molecule has 1 aromatic rings. The van der Waals surface area contributed by atoms with Gasteiger partial charge in [-0.2, -0.15) is 0 Å². The summed E-state index contributed by atoms with van der Waals surface area (Å²) in [5.41, 5.74) is -0.0771. The zero-order valence-corrected chi connectivity index (χ0v) is 20.4. The Labute approximate surface area is 202 Å². The van der Waals surface area contributed by atoms with Gasteiger partial charge in [0.25, 0.3) is 0 Å². The van der Waals surface area contributed by atoms with E-state index < -0.39 is 29.6 Å². The number of carbonyl (C=O) groups is 3. The number of hydrogen-bond acceptors (Lipinski definition) is 5. The van der Waals surface area contributed by atoms with E-state index >= 15 is 0 Å². The number of aliphatic hydroxyl groups excluding tert-OH is 1. The largest absolute Gasteiger partial charge is 0.396 e. The Morgan fingerprint density at radius 3 is 2.67 bits per heavy atom. The van der Waals surface area contributed by atoms with Crippen LogP contribution in [0.4, 0.5) is 0 Å². The predicted molar refractivity (Wildman–Crippen MR) is 125 cm³/mol. The molecular weight excluding hydrogens is 490 g/mol. The summed E-state index contributed by atoms with van der Waals surface area (Å²) in [5, 5.41) is 15.3. The van der Waals surface area contributed by atoms with Crippen molar-refractivity contribution in [3.63, 3.8) is 0 Å². The average molecular weight is 522 g/mol. The number of benzene rings is 1. The van der Waals surface area contributed by atoms with Gasteiger partial charge >= 0.3 is 0 Å². The van der Waals surface area contributed by atoms with Crippen LogP contribution in [0.3, 0.4) is 0 Å². The van der Waals surface area contributed by atoms with E-state index in [1.165, 1.54) is 4.90 Å². The fourth-order valence-electron chi connectivity index (χ4n) is 5.60. The van der Waals surface area contributed by atoms with Gasteiger partial charge in [-0.05, 0) is 24.8 Å². The summed E-state index contributed by atoms with van der Waals surface area (Å²) in [6.45, 7) is 3.09. The number of ether oxygens (including phenoxy) is 1. The fraction of sp³-hybridized carbons (Fsp3) is 0.625. The lowest BCUT2D eigenvalue weighted by Crippen LogP contribution is -2.56. The molecule has 1 aromatic carbocycles. The van der Waals surface area contributed by atoms with Crippen LogP contribution in [0.5, 0.6) is 0 Å². The van der Waals surface area contributed by atoms with Gasteiger partial charge in [0.15, 0.2) is 0 Å². The number of hydrogen-bond donors (Lipinski definition) is 3. The molecule has 3 unspecified atom stereocenters. The molecule has 8 nitrogen and oxygen atoms in total. The third kappa shape index (κ3) is 4.31. The number of nitrogens with zero attached hydrogens (tertiary/aromatic N) is 1. The molecule has 3 aliphatic heterocycles. The quantitative estimate of drug-likeness (QED) is 0.318. The number of nitrogens with one attached hydrogen (secondary N) is 2. The Balaban J connectivity index is 1.59. The number of amides is 3. The lowest BCUT2D eigenvalue weighted by Gasteiger charge is -2.34. The Morgan fingerprint density at radius 2 is 1.97 bits per heavy atom. The molecule has 33 heavy (non-hydrogen) atoms. The third-order valence-corrected chi connectivity index (χ3v) is 7.88. The standard InChI is InChI=1S/C24H32BrN3O5/c1-2-3-10-26-22(31)20-24-13-16(25)19(33-24)17(18(24)23(32)28(20)11-7-12-29)21(30)27-14-15-8-5-4-6-9-15/h4-6,8-9,16-20,29H,2-3,7,10-14H2,1H3,(H,26,31)(H,27,30)/t16?,17-,18+,19-,20?,24?/m1/s1. The smallest absolute Gasteiger partial charge is 0.245 e. The highest BCUT2D eigenvalue weighted by Gasteiger charge is 2.76. The Bertz CT molecular complexity index is 884. The van der Waals surface area contributed by atoms with Crippen LogP contribution in [0.1, 0.15) is 38.2 Å². The number of rotatable bonds is 10. The van der Waals surface area contributed by atoms with Gasteiger partial charge < -0.3 is 25.4 Å². The number of aliphatic hydroxyl groups is 1. The van der Waals surface area contributed by atoms with Crippen LogP contribution >= 0.6 is 15.9 Å². The number of carbonyl (C=O) groups excluding carboxylic acids is 3. The summed E-state index contributed by atoms with van der Waals surface area (Å²) >= 11 is 3.66. The summed E-state index contributed by atoms with van der Waals surface area (Å²) in [7, 11) is 0. The van der Waals surface area contributed by atoms with E-state index in [4.69, 9.17) is 4.74 Å². The lowest BCUT2D eigenvalue weighted by molar-refractivity contribution is -0.142. The zero-order valence-electron chi connectivity index (χ0n) is 18.8. The summed E-state index contributed by atoms with van der Waals surface area (Å²) < 4.78 is 6.41. The second-order valence-electron chi connectivity index (χ2n) is 9.12. The minimum Gasteiger partial charge on any atom is -0.396 e. The van der Waals surface area contributed by atoms with Crippen LogP contribution in [-0.4, -0.2) is 70.0 Å². The first-order valence-electron chi connectivity index (χ1n) is 11.8. The molecule has 0 aromatic heterocycles. The van der Waals surface area contributed by atoms with E-state index in [0.29, 0.717) is 25.9 Å². The first-order valence-corrected chi connectivity index (χ1v) is 12.7. The van der Waals surface area contributed by atoms with Gasteiger partial charge in [0.05, 0.1) is 17.9 Å². The highest BCUT2D eigenvalue weighted by atomic mass is 79.9. The molecule has 180 valence electrons. The SMILES string of the molecule is CCCCNC(=O)C1N(CCCO)C(=O)[C@@H]2[C@@H](C(=O)NCc3ccccc3)[C@@H]3OC12CC3Br. The minimum atomic E-state index is -1.05. The van der Waals surface area contributed by atoms with Crippen molar-refractivity contribution in [2.45, 2.75) is 61.7 Å². The van der Waals surface area contributed by atoms with Crippen LogP contribution in [0.15, 0.2) is 30.3 Å². The van der Waals surface area contributed by atoms with Crippen molar-refractivity contribution in [3.05, 3.63) is 35.9 Å². The van der Waals surface area contributed by atoms with Crippen molar-refractivity contribution >= 4 is 33.7 Å². The van der Waals surface area contributed by atoms with Crippen molar-refractivity contribution < 1.29 is 24.2 Å². The van der Waals surface area contributed by atoms with E-state index in [9.17, 15) is 19.5 Å². The molecule has 4 rings (SSSR count). The monoisotopic (exact) mass is 521 g/mol. The molecule has 9 heteroatoms. The average Bonchev–Trinajstić information content (AvgIpc) is 3.40. The van der Waals surface area contributed by atoms with E-state index in [1.54, 1.807) is 0 Å². The molecule has 3 heterocycles. The zero-order chi connectivity index (χ0) is 23.6. The normalized spacial score (nSPS) is 32.2. The van der Waals surface area contributed by atoms with Crippen LogP contribution in [0.25, 0.3) is 0 Å². The maximum Gasteiger partial charge on any atom is 0.245 e. The van der Waals surface area contributed by atoms with Crippen molar-refractivity contribution in [1.29, 1.82) is 0 Å². The highest BCUT2D eigenvalue weighted by Crippen LogP contribution is 2.59. The predicted octanol–water partition coefficient (Wildman–Crippen LogP) is 1.35. The topological polar surface area (TPSA) is 108 Å². The molecule has 3 aliphatic rings. The molecule has 3 N–H and O–H groups in total. The summed E-state index contributed by atoms with van der Waals surface area (Å²) in [6, 6.07) is 8.79. The minimum absolute atomic E-state index is 0.0861. The highest BCUT2D eigenvalue weighted by molar-refractivity contribution is 9.09. The summed E-state index contributed by atoms with van der Waals surface area (Å²) in [6.07, 6.45) is 2.16. The molecule has 3 fully saturated rings. The van der Waals surface area contributed by atoms with Gasteiger partial charge in [-0.15, -0.1) is 0 Å². The van der Waals surface area contributed by atoms with E-state index in [2.05, 4.69) is 26.6 Å². The number of fused-ring (bicyclic) bond motifs is 1. The molecule has 3 amide bonds. The Morgan fingerprint density at radius 1 is 1.21 bits per heavy atom. The Kier molecular flexibility index (Phi) is 7.40. The summed E-state index contributed by atoms with van der Waals surface area (Å²) in [4.78, 5) is 41.6. The van der Waals surface area contributed by atoms with Crippen molar-refractivity contribution in [1.82, 2.24) is 15.5 Å². The number of alkyl halides is 1. The molecular formula is C24H32BrN3O5. The number of unbranched alkanes of at least 4 members (excludes halogenated alkanes) is 1. The first-order chi connectivity index (χ1) is 15.9. The molecule has 0 saturated carbocycles. The maximum atomic E-state index is 13.6. The Hall–Kier alpha value is -1.97. The van der Waals surface area contributed by atoms with Gasteiger partial charge in [0.2, 0.25) is 17.7 Å². The number of likely N-dealkylation sites (tertiary alicyclic amines) is 1. The molecule has 6 atom stereocenters. The molecule has 3 saturated heterocycles. The fourth-order valence-corrected chi connectivity index (χ4v) is 6.54. The summed E-state index contributed by atoms with van der Waals surface area (Å²) in [5.74, 6) is -2.11. The lowest BCUT2D eigenvalue weighted by atomic mass is 9.70. The van der Waals surface area contributed by atoms with Crippen LogP contribution in [-0.2, 0) is 25.7 Å². The van der Waals surface area contributed by atoms with Gasteiger partial charge in [0, 0.05) is 31.1 Å². The van der Waals surface area contributed by atoms with Crippen LogP contribution in [0.2, 0.25) is 0 Å². The van der Waals surface area contributed by atoms with Crippen molar-refractivity contribution in [2.75, 3.05) is 19.7 Å². The van der Waals surface area contributed by atoms with Crippen LogP contribution in [0, 0.1) is 11.8 Å². The third-order valence-electron chi connectivity index (χ3n) is 7.04. The van der Waals surface area contributed by atoms with E-state index in [-0.39, 0.29) is 35.7 Å². The second-order valence-corrected chi connectivity index (χ2v) is 10.3. The van der Waals surface area contributed by atoms with E-state index in [0.717, 1.165) is 18.4 Å². The van der Waals surface area contributed by atoms with Gasteiger partial charge in [-0.25, -0.2) is 0 Å². The van der Waals surface area contributed by atoms with Crippen molar-refractivity contribution in [3.8, 4) is 0 Å². The maximum absolute atomic E-state index is 13.6. The number of halogens is 1. The first kappa shape index (κ1) is 24.2. The van der Waals surface area contributed by atoms with Gasteiger partial charge in [-0.1, -0.05) is 59.6 Å². The van der Waals surface area contributed by atoms with Gasteiger partial charge in [-0.3, -0.25) is 14.4 Å². The molecule has 0 aliphatic carbocycles.